The van der Waals surface area contributed by atoms with Crippen molar-refractivity contribution in [3.63, 3.8) is 0 Å². The highest BCUT2D eigenvalue weighted by Gasteiger charge is 2.50. The minimum Gasteiger partial charge on any atom is -0.492 e. The zero-order valence-corrected chi connectivity index (χ0v) is 13.9. The van der Waals surface area contributed by atoms with Crippen molar-refractivity contribution in [2.75, 3.05) is 13.2 Å². The summed E-state index contributed by atoms with van der Waals surface area (Å²) in [5.74, 6) is -0.340. The molecule has 25 heavy (non-hydrogen) atoms. The van der Waals surface area contributed by atoms with Crippen molar-refractivity contribution < 1.29 is 18.7 Å². The molecule has 6 heteroatoms. The molecule has 0 radical (unpaired) electrons. The number of urea groups is 1. The molecule has 0 aliphatic carbocycles. The van der Waals surface area contributed by atoms with E-state index in [1.54, 1.807) is 6.07 Å². The predicted octanol–water partition coefficient (Wildman–Crippen LogP) is 3.06. The number of nitrogens with zero attached hydrogens (tertiary/aromatic N) is 1. The van der Waals surface area contributed by atoms with Gasteiger partial charge in [0.1, 0.15) is 23.7 Å². The van der Waals surface area contributed by atoms with Gasteiger partial charge in [0.15, 0.2) is 0 Å². The van der Waals surface area contributed by atoms with E-state index in [0.717, 1.165) is 10.5 Å². The van der Waals surface area contributed by atoms with Gasteiger partial charge in [-0.3, -0.25) is 9.69 Å². The van der Waals surface area contributed by atoms with E-state index in [9.17, 15) is 14.0 Å². The standard InChI is InChI=1S/C19H19FN2O3/c1-2-19(14-7-4-3-5-8-14)17(23)22(18(24)21-19)11-12-25-16-10-6-9-15(20)13-16/h3-10,13H,2,11-12H2,1H3,(H,21,24)/t19-/m1/s1. The lowest BCUT2D eigenvalue weighted by atomic mass is 9.87. The summed E-state index contributed by atoms with van der Waals surface area (Å²) in [6.07, 6.45) is 0.447. The molecule has 2 aromatic rings. The van der Waals surface area contributed by atoms with E-state index in [-0.39, 0.29) is 19.1 Å². The highest BCUT2D eigenvalue weighted by molar-refractivity contribution is 6.07. The van der Waals surface area contributed by atoms with E-state index in [2.05, 4.69) is 5.32 Å². The molecule has 0 bridgehead atoms. The second-order valence-corrected chi connectivity index (χ2v) is 5.82. The van der Waals surface area contributed by atoms with Gasteiger partial charge in [0.05, 0.1) is 6.54 Å². The Bertz CT molecular complexity index is 781. The Morgan fingerprint density at radius 2 is 1.88 bits per heavy atom. The minimum atomic E-state index is -1.04. The number of amides is 3. The van der Waals surface area contributed by atoms with Gasteiger partial charge in [-0.05, 0) is 24.1 Å². The fourth-order valence-corrected chi connectivity index (χ4v) is 3.00. The summed E-state index contributed by atoms with van der Waals surface area (Å²) in [4.78, 5) is 26.3. The van der Waals surface area contributed by atoms with Crippen LogP contribution in [0.25, 0.3) is 0 Å². The zero-order chi connectivity index (χ0) is 17.9. The first-order chi connectivity index (χ1) is 12.1. The van der Waals surface area contributed by atoms with Crippen LogP contribution in [-0.4, -0.2) is 30.0 Å². The number of hydrogen-bond acceptors (Lipinski definition) is 3. The summed E-state index contributed by atoms with van der Waals surface area (Å²) in [5, 5.41) is 2.81. The Kier molecular flexibility index (Phi) is 4.70. The lowest BCUT2D eigenvalue weighted by Crippen LogP contribution is -2.43. The highest BCUT2D eigenvalue weighted by Crippen LogP contribution is 2.32. The third kappa shape index (κ3) is 3.20. The maximum Gasteiger partial charge on any atom is 0.325 e. The number of hydrogen-bond donors (Lipinski definition) is 1. The fraction of sp³-hybridized carbons (Fsp3) is 0.263. The van der Waals surface area contributed by atoms with Gasteiger partial charge in [-0.2, -0.15) is 0 Å². The second-order valence-electron chi connectivity index (χ2n) is 5.82. The summed E-state index contributed by atoms with van der Waals surface area (Å²) in [6, 6.07) is 14.5. The lowest BCUT2D eigenvalue weighted by molar-refractivity contribution is -0.132. The molecule has 130 valence electrons. The number of carbonyl (C=O) groups excluding carboxylic acids is 2. The Morgan fingerprint density at radius 1 is 1.12 bits per heavy atom. The van der Waals surface area contributed by atoms with Gasteiger partial charge in [0.25, 0.3) is 5.91 Å². The fourth-order valence-electron chi connectivity index (χ4n) is 3.00. The molecule has 0 saturated carbocycles. The average molecular weight is 342 g/mol. The molecule has 2 aromatic carbocycles. The summed E-state index contributed by atoms with van der Waals surface area (Å²) in [7, 11) is 0. The summed E-state index contributed by atoms with van der Waals surface area (Å²) >= 11 is 0. The monoisotopic (exact) mass is 342 g/mol. The number of ether oxygens (including phenoxy) is 1. The molecular weight excluding hydrogens is 323 g/mol. The molecular formula is C19H19FN2O3. The van der Waals surface area contributed by atoms with Gasteiger partial charge in [-0.15, -0.1) is 0 Å². The first kappa shape index (κ1) is 17.0. The minimum absolute atomic E-state index is 0.0930. The Balaban J connectivity index is 1.71. The molecule has 1 saturated heterocycles. The quantitative estimate of drug-likeness (QED) is 0.821. The number of imide groups is 1. The summed E-state index contributed by atoms with van der Waals surface area (Å²) in [6.45, 7) is 2.05. The molecule has 0 unspecified atom stereocenters. The van der Waals surface area contributed by atoms with Crippen molar-refractivity contribution in [2.24, 2.45) is 0 Å². The number of carbonyl (C=O) groups is 2. The number of halogens is 1. The van der Waals surface area contributed by atoms with Gasteiger partial charge in [-0.1, -0.05) is 43.3 Å². The van der Waals surface area contributed by atoms with Gasteiger partial charge < -0.3 is 10.1 Å². The van der Waals surface area contributed by atoms with Gasteiger partial charge in [0, 0.05) is 6.07 Å². The first-order valence-corrected chi connectivity index (χ1v) is 8.15. The van der Waals surface area contributed by atoms with Crippen LogP contribution in [0.3, 0.4) is 0 Å². The molecule has 1 atom stereocenters. The van der Waals surface area contributed by atoms with E-state index in [4.69, 9.17) is 4.74 Å². The van der Waals surface area contributed by atoms with Crippen LogP contribution >= 0.6 is 0 Å². The van der Waals surface area contributed by atoms with Crippen LogP contribution in [0.4, 0.5) is 9.18 Å². The normalized spacial score (nSPS) is 19.8. The van der Waals surface area contributed by atoms with Crippen molar-refractivity contribution in [3.05, 3.63) is 66.0 Å². The SMILES string of the molecule is CC[C@]1(c2ccccc2)NC(=O)N(CCOc2cccc(F)c2)C1=O. The average Bonchev–Trinajstić information content (AvgIpc) is 2.87. The van der Waals surface area contributed by atoms with Crippen molar-refractivity contribution in [1.82, 2.24) is 10.2 Å². The second kappa shape index (κ2) is 6.93. The van der Waals surface area contributed by atoms with Crippen molar-refractivity contribution in [1.29, 1.82) is 0 Å². The molecule has 5 nitrogen and oxygen atoms in total. The van der Waals surface area contributed by atoms with Gasteiger partial charge in [-0.25, -0.2) is 9.18 Å². The lowest BCUT2D eigenvalue weighted by Gasteiger charge is -2.25. The number of nitrogens with one attached hydrogen (secondary N) is 1. The molecule has 0 spiro atoms. The summed E-state index contributed by atoms with van der Waals surface area (Å²) < 4.78 is 18.6. The summed E-state index contributed by atoms with van der Waals surface area (Å²) in [5.41, 5.74) is -0.290. The molecule has 1 aliphatic rings. The van der Waals surface area contributed by atoms with Crippen LogP contribution in [-0.2, 0) is 10.3 Å². The van der Waals surface area contributed by atoms with Crippen LogP contribution in [0, 0.1) is 5.82 Å². The zero-order valence-electron chi connectivity index (χ0n) is 13.9. The maximum atomic E-state index is 13.1. The molecule has 1 N–H and O–H groups in total. The first-order valence-electron chi connectivity index (χ1n) is 8.15. The molecule has 1 heterocycles. The topological polar surface area (TPSA) is 58.6 Å². The highest BCUT2D eigenvalue weighted by atomic mass is 19.1. The largest absolute Gasteiger partial charge is 0.492 e. The van der Waals surface area contributed by atoms with Crippen LogP contribution in [0.15, 0.2) is 54.6 Å². The van der Waals surface area contributed by atoms with Crippen molar-refractivity contribution >= 4 is 11.9 Å². The Hall–Kier alpha value is -2.89. The third-order valence-electron chi connectivity index (χ3n) is 4.35. The van der Waals surface area contributed by atoms with E-state index in [1.165, 1.54) is 18.2 Å². The van der Waals surface area contributed by atoms with Gasteiger partial charge >= 0.3 is 6.03 Å². The number of rotatable bonds is 6. The predicted molar refractivity (Wildman–Crippen MR) is 90.6 cm³/mol. The van der Waals surface area contributed by atoms with E-state index in [1.807, 2.05) is 37.3 Å². The smallest absolute Gasteiger partial charge is 0.325 e. The van der Waals surface area contributed by atoms with E-state index in [0.29, 0.717) is 12.2 Å². The van der Waals surface area contributed by atoms with E-state index >= 15 is 0 Å². The molecule has 1 fully saturated rings. The van der Waals surface area contributed by atoms with Crippen LogP contribution in [0.5, 0.6) is 5.75 Å². The van der Waals surface area contributed by atoms with Crippen molar-refractivity contribution in [2.45, 2.75) is 18.9 Å². The number of benzene rings is 2. The molecule has 3 rings (SSSR count). The van der Waals surface area contributed by atoms with Gasteiger partial charge in [0.2, 0.25) is 0 Å². The third-order valence-corrected chi connectivity index (χ3v) is 4.35. The Morgan fingerprint density at radius 3 is 2.56 bits per heavy atom. The molecule has 3 amide bonds. The maximum absolute atomic E-state index is 13.1. The molecule has 0 aromatic heterocycles. The van der Waals surface area contributed by atoms with Crippen LogP contribution in [0.1, 0.15) is 18.9 Å². The van der Waals surface area contributed by atoms with E-state index < -0.39 is 17.4 Å². The van der Waals surface area contributed by atoms with Crippen molar-refractivity contribution in [3.8, 4) is 5.75 Å². The Labute approximate surface area is 145 Å². The van der Waals surface area contributed by atoms with Crippen LogP contribution in [0.2, 0.25) is 0 Å². The molecule has 1 aliphatic heterocycles. The van der Waals surface area contributed by atoms with Crippen LogP contribution < -0.4 is 10.1 Å².